The first-order valence-corrected chi connectivity index (χ1v) is 6.88. The van der Waals surface area contributed by atoms with Crippen LogP contribution >= 0.6 is 0 Å². The molecule has 0 saturated heterocycles. The van der Waals surface area contributed by atoms with Crippen LogP contribution < -0.4 is 10.2 Å². The first-order chi connectivity index (χ1) is 9.88. The predicted octanol–water partition coefficient (Wildman–Crippen LogP) is 4.51. The van der Waals surface area contributed by atoms with Crippen molar-refractivity contribution in [3.63, 3.8) is 0 Å². The van der Waals surface area contributed by atoms with E-state index in [9.17, 15) is 8.78 Å². The Kier molecular flexibility index (Phi) is 4.46. The summed E-state index contributed by atoms with van der Waals surface area (Å²) in [6.07, 6.45) is 0. The van der Waals surface area contributed by atoms with Gasteiger partial charge < -0.3 is 10.2 Å². The molecule has 1 unspecified atom stereocenters. The van der Waals surface area contributed by atoms with Crippen LogP contribution in [0.15, 0.2) is 36.4 Å². The third-order valence-electron chi connectivity index (χ3n) is 3.50. The maximum atomic E-state index is 13.8. The van der Waals surface area contributed by atoms with Crippen molar-refractivity contribution < 1.29 is 8.78 Å². The third-order valence-corrected chi connectivity index (χ3v) is 3.50. The van der Waals surface area contributed by atoms with Gasteiger partial charge in [0.15, 0.2) is 0 Å². The second kappa shape index (κ2) is 6.12. The fourth-order valence-corrected chi connectivity index (χ4v) is 2.36. The van der Waals surface area contributed by atoms with Gasteiger partial charge in [0.05, 0.1) is 6.04 Å². The Balaban J connectivity index is 2.23. The van der Waals surface area contributed by atoms with Gasteiger partial charge >= 0.3 is 0 Å². The van der Waals surface area contributed by atoms with Crippen molar-refractivity contribution in [3.05, 3.63) is 59.2 Å². The summed E-state index contributed by atoms with van der Waals surface area (Å²) in [5, 5.41) is 3.25. The van der Waals surface area contributed by atoms with Crippen LogP contribution in [-0.4, -0.2) is 14.1 Å². The van der Waals surface area contributed by atoms with Crippen molar-refractivity contribution in [3.8, 4) is 0 Å². The average Bonchev–Trinajstić information content (AvgIpc) is 2.40. The Morgan fingerprint density at radius 2 is 1.76 bits per heavy atom. The van der Waals surface area contributed by atoms with Crippen molar-refractivity contribution >= 4 is 11.4 Å². The van der Waals surface area contributed by atoms with Crippen LogP contribution in [0.1, 0.15) is 24.1 Å². The molecule has 0 spiro atoms. The van der Waals surface area contributed by atoms with E-state index in [0.29, 0.717) is 5.56 Å². The first kappa shape index (κ1) is 15.3. The SMILES string of the molecule is Cc1ccc(NC(C)c2ccc(F)cc2F)cc1N(C)C. The van der Waals surface area contributed by atoms with Crippen LogP contribution in [-0.2, 0) is 0 Å². The van der Waals surface area contributed by atoms with Crippen LogP contribution in [0.4, 0.5) is 20.2 Å². The van der Waals surface area contributed by atoms with Gasteiger partial charge in [-0.25, -0.2) is 8.78 Å². The summed E-state index contributed by atoms with van der Waals surface area (Å²) in [7, 11) is 3.96. The molecule has 4 heteroatoms. The Labute approximate surface area is 124 Å². The summed E-state index contributed by atoms with van der Waals surface area (Å²) >= 11 is 0. The van der Waals surface area contributed by atoms with Crippen molar-refractivity contribution in [2.45, 2.75) is 19.9 Å². The molecular weight excluding hydrogens is 270 g/mol. The number of halogens is 2. The first-order valence-electron chi connectivity index (χ1n) is 6.88. The van der Waals surface area contributed by atoms with E-state index in [0.717, 1.165) is 17.4 Å². The van der Waals surface area contributed by atoms with Crippen LogP contribution in [0.5, 0.6) is 0 Å². The minimum absolute atomic E-state index is 0.247. The zero-order chi connectivity index (χ0) is 15.6. The maximum absolute atomic E-state index is 13.8. The van der Waals surface area contributed by atoms with E-state index in [1.54, 1.807) is 0 Å². The highest BCUT2D eigenvalue weighted by atomic mass is 19.1. The molecule has 0 saturated carbocycles. The lowest BCUT2D eigenvalue weighted by molar-refractivity contribution is 0.566. The molecule has 0 fully saturated rings. The molecule has 0 radical (unpaired) electrons. The molecule has 0 aliphatic heterocycles. The van der Waals surface area contributed by atoms with Gasteiger partial charge in [-0.1, -0.05) is 12.1 Å². The summed E-state index contributed by atoms with van der Waals surface area (Å²) in [4.78, 5) is 2.03. The van der Waals surface area contributed by atoms with Gasteiger partial charge in [-0.2, -0.15) is 0 Å². The molecular formula is C17H20F2N2. The average molecular weight is 290 g/mol. The van der Waals surface area contributed by atoms with Crippen LogP contribution in [0, 0.1) is 18.6 Å². The van der Waals surface area contributed by atoms with Gasteiger partial charge in [-0.15, -0.1) is 0 Å². The summed E-state index contributed by atoms with van der Waals surface area (Å²) < 4.78 is 26.7. The molecule has 112 valence electrons. The molecule has 1 atom stereocenters. The van der Waals surface area contributed by atoms with E-state index in [1.165, 1.54) is 17.7 Å². The fourth-order valence-electron chi connectivity index (χ4n) is 2.36. The topological polar surface area (TPSA) is 15.3 Å². The number of rotatable bonds is 4. The second-order valence-electron chi connectivity index (χ2n) is 5.43. The van der Waals surface area contributed by atoms with E-state index in [-0.39, 0.29) is 6.04 Å². The lowest BCUT2D eigenvalue weighted by Crippen LogP contribution is -2.12. The largest absolute Gasteiger partial charge is 0.378 e. The van der Waals surface area contributed by atoms with E-state index < -0.39 is 11.6 Å². The molecule has 21 heavy (non-hydrogen) atoms. The van der Waals surface area contributed by atoms with Gasteiger partial charge in [-0.3, -0.25) is 0 Å². The highest BCUT2D eigenvalue weighted by Crippen LogP contribution is 2.26. The van der Waals surface area contributed by atoms with E-state index in [2.05, 4.69) is 5.32 Å². The quantitative estimate of drug-likeness (QED) is 0.891. The highest BCUT2D eigenvalue weighted by Gasteiger charge is 2.12. The summed E-state index contributed by atoms with van der Waals surface area (Å²) in [6, 6.07) is 9.41. The normalized spacial score (nSPS) is 12.1. The van der Waals surface area contributed by atoms with Gasteiger partial charge in [0.1, 0.15) is 11.6 Å². The number of aryl methyl sites for hydroxylation is 1. The van der Waals surface area contributed by atoms with Crippen LogP contribution in [0.2, 0.25) is 0 Å². The Bertz CT molecular complexity index is 639. The molecule has 0 amide bonds. The lowest BCUT2D eigenvalue weighted by atomic mass is 10.1. The number of hydrogen-bond donors (Lipinski definition) is 1. The number of anilines is 2. The molecule has 2 rings (SSSR count). The predicted molar refractivity (Wildman–Crippen MR) is 83.9 cm³/mol. The smallest absolute Gasteiger partial charge is 0.131 e. The molecule has 0 bridgehead atoms. The van der Waals surface area contributed by atoms with Gasteiger partial charge in [0, 0.05) is 37.1 Å². The summed E-state index contributed by atoms with van der Waals surface area (Å²) in [5.41, 5.74) is 3.63. The highest BCUT2D eigenvalue weighted by molar-refractivity contribution is 5.62. The zero-order valence-corrected chi connectivity index (χ0v) is 12.7. The maximum Gasteiger partial charge on any atom is 0.131 e. The lowest BCUT2D eigenvalue weighted by Gasteiger charge is -2.20. The summed E-state index contributed by atoms with van der Waals surface area (Å²) in [6.45, 7) is 3.90. The standard InChI is InChI=1S/C17H20F2N2/c1-11-5-7-14(10-17(11)21(3)4)20-12(2)15-8-6-13(18)9-16(15)19/h5-10,12,20H,1-4H3. The Morgan fingerprint density at radius 3 is 2.38 bits per heavy atom. The third kappa shape index (κ3) is 3.51. The van der Waals surface area contributed by atoms with Gasteiger partial charge in [0.25, 0.3) is 0 Å². The molecule has 0 aliphatic rings. The molecule has 2 nitrogen and oxygen atoms in total. The van der Waals surface area contributed by atoms with E-state index in [4.69, 9.17) is 0 Å². The fraction of sp³-hybridized carbons (Fsp3) is 0.294. The molecule has 0 aromatic heterocycles. The van der Waals surface area contributed by atoms with Crippen molar-refractivity contribution in [2.75, 3.05) is 24.3 Å². The van der Waals surface area contributed by atoms with Gasteiger partial charge in [-0.05, 0) is 37.6 Å². The van der Waals surface area contributed by atoms with E-state index >= 15 is 0 Å². The number of nitrogens with one attached hydrogen (secondary N) is 1. The molecule has 1 N–H and O–H groups in total. The van der Waals surface area contributed by atoms with E-state index in [1.807, 2.05) is 51.0 Å². The number of nitrogens with zero attached hydrogens (tertiary/aromatic N) is 1. The summed E-state index contributed by atoms with van der Waals surface area (Å²) in [5.74, 6) is -1.09. The zero-order valence-electron chi connectivity index (χ0n) is 12.7. The van der Waals surface area contributed by atoms with Crippen molar-refractivity contribution in [2.24, 2.45) is 0 Å². The van der Waals surface area contributed by atoms with Gasteiger partial charge in [0.2, 0.25) is 0 Å². The monoisotopic (exact) mass is 290 g/mol. The molecule has 0 heterocycles. The molecule has 0 aliphatic carbocycles. The number of hydrogen-bond acceptors (Lipinski definition) is 2. The minimum Gasteiger partial charge on any atom is -0.378 e. The Morgan fingerprint density at radius 1 is 1.05 bits per heavy atom. The minimum atomic E-state index is -0.561. The Hall–Kier alpha value is -2.10. The van der Waals surface area contributed by atoms with Crippen molar-refractivity contribution in [1.82, 2.24) is 0 Å². The second-order valence-corrected chi connectivity index (χ2v) is 5.43. The number of benzene rings is 2. The van der Waals surface area contributed by atoms with Crippen molar-refractivity contribution in [1.29, 1.82) is 0 Å². The van der Waals surface area contributed by atoms with Crippen LogP contribution in [0.25, 0.3) is 0 Å². The van der Waals surface area contributed by atoms with Crippen LogP contribution in [0.3, 0.4) is 0 Å². The molecule has 2 aromatic carbocycles. The molecule has 2 aromatic rings.